The molecule has 3 heteroatoms. The molecule has 0 amide bonds. The number of hydrogen-bond acceptors (Lipinski definition) is 3. The van der Waals surface area contributed by atoms with Crippen LogP contribution in [0.5, 0.6) is 0 Å². The summed E-state index contributed by atoms with van der Waals surface area (Å²) >= 11 is 0. The molecule has 1 aromatic carbocycles. The Hall–Kier alpha value is -1.35. The smallest absolute Gasteiger partial charge is 0.307 e. The third-order valence-corrected chi connectivity index (χ3v) is 3.18. The van der Waals surface area contributed by atoms with Crippen LogP contribution in [0.25, 0.3) is 0 Å². The molecule has 100 valence electrons. The van der Waals surface area contributed by atoms with Crippen LogP contribution < -0.4 is 5.32 Å². The Labute approximate surface area is 110 Å². The van der Waals surface area contributed by atoms with Gasteiger partial charge in [0.05, 0.1) is 13.0 Å². The minimum absolute atomic E-state index is 0.137. The van der Waals surface area contributed by atoms with Crippen LogP contribution in [0.4, 0.5) is 0 Å². The Balaban J connectivity index is 2.52. The van der Waals surface area contributed by atoms with Gasteiger partial charge in [0, 0.05) is 12.1 Å². The van der Waals surface area contributed by atoms with E-state index in [1.54, 1.807) is 0 Å². The van der Waals surface area contributed by atoms with Crippen molar-refractivity contribution in [1.29, 1.82) is 0 Å². The first kappa shape index (κ1) is 14.7. The van der Waals surface area contributed by atoms with Crippen LogP contribution in [0.15, 0.2) is 30.3 Å². The fourth-order valence-electron chi connectivity index (χ4n) is 1.75. The summed E-state index contributed by atoms with van der Waals surface area (Å²) in [5, 5.41) is 3.45. The lowest BCUT2D eigenvalue weighted by atomic mass is 9.94. The highest BCUT2D eigenvalue weighted by molar-refractivity contribution is 5.70. The summed E-state index contributed by atoms with van der Waals surface area (Å²) in [5.41, 5.74) is 1.02. The fourth-order valence-corrected chi connectivity index (χ4v) is 1.75. The van der Waals surface area contributed by atoms with Crippen molar-refractivity contribution in [1.82, 2.24) is 5.32 Å². The maximum absolute atomic E-state index is 11.6. The lowest BCUT2D eigenvalue weighted by molar-refractivity contribution is -0.144. The molecule has 0 heterocycles. The number of rotatable bonds is 7. The lowest BCUT2D eigenvalue weighted by Crippen LogP contribution is -2.43. The minimum Gasteiger partial charge on any atom is -0.466 e. The summed E-state index contributed by atoms with van der Waals surface area (Å²) in [4.78, 5) is 11.6. The zero-order chi connectivity index (χ0) is 13.4. The SMILES string of the molecule is CCOC(=O)C[C@](C)(CC)NCc1ccccc1. The van der Waals surface area contributed by atoms with Crippen molar-refractivity contribution in [3.05, 3.63) is 35.9 Å². The summed E-state index contributed by atoms with van der Waals surface area (Å²) in [7, 11) is 0. The van der Waals surface area contributed by atoms with Gasteiger partial charge in [-0.15, -0.1) is 0 Å². The molecule has 18 heavy (non-hydrogen) atoms. The van der Waals surface area contributed by atoms with Crippen LogP contribution in [-0.2, 0) is 16.1 Å². The minimum atomic E-state index is -0.206. The van der Waals surface area contributed by atoms with Gasteiger partial charge in [0.2, 0.25) is 0 Å². The zero-order valence-corrected chi connectivity index (χ0v) is 11.5. The first-order valence-electron chi connectivity index (χ1n) is 6.54. The molecule has 0 saturated heterocycles. The summed E-state index contributed by atoms with van der Waals surface area (Å²) in [6, 6.07) is 10.2. The lowest BCUT2D eigenvalue weighted by Gasteiger charge is -2.29. The van der Waals surface area contributed by atoms with Crippen molar-refractivity contribution >= 4 is 5.97 Å². The van der Waals surface area contributed by atoms with Crippen LogP contribution in [-0.4, -0.2) is 18.1 Å². The highest BCUT2D eigenvalue weighted by atomic mass is 16.5. The van der Waals surface area contributed by atoms with E-state index in [9.17, 15) is 4.79 Å². The molecule has 0 saturated carbocycles. The second kappa shape index (κ2) is 7.17. The zero-order valence-electron chi connectivity index (χ0n) is 11.5. The monoisotopic (exact) mass is 249 g/mol. The van der Waals surface area contributed by atoms with Crippen molar-refractivity contribution in [2.45, 2.75) is 45.7 Å². The van der Waals surface area contributed by atoms with Crippen LogP contribution in [0, 0.1) is 0 Å². The Morgan fingerprint density at radius 2 is 1.94 bits per heavy atom. The van der Waals surface area contributed by atoms with Gasteiger partial charge in [0.25, 0.3) is 0 Å². The number of benzene rings is 1. The van der Waals surface area contributed by atoms with E-state index in [4.69, 9.17) is 4.74 Å². The van der Waals surface area contributed by atoms with Crippen LogP contribution in [0.1, 0.15) is 39.2 Å². The van der Waals surface area contributed by atoms with Gasteiger partial charge in [0.1, 0.15) is 0 Å². The van der Waals surface area contributed by atoms with Crippen molar-refractivity contribution in [3.8, 4) is 0 Å². The van der Waals surface area contributed by atoms with Gasteiger partial charge in [-0.3, -0.25) is 4.79 Å². The van der Waals surface area contributed by atoms with E-state index in [0.29, 0.717) is 13.0 Å². The Morgan fingerprint density at radius 1 is 1.28 bits per heavy atom. The van der Waals surface area contributed by atoms with Gasteiger partial charge in [-0.25, -0.2) is 0 Å². The van der Waals surface area contributed by atoms with Gasteiger partial charge in [0.15, 0.2) is 0 Å². The topological polar surface area (TPSA) is 38.3 Å². The van der Waals surface area contributed by atoms with Gasteiger partial charge < -0.3 is 10.1 Å². The average molecular weight is 249 g/mol. The van der Waals surface area contributed by atoms with Gasteiger partial charge in [-0.2, -0.15) is 0 Å². The van der Waals surface area contributed by atoms with Crippen molar-refractivity contribution in [2.75, 3.05) is 6.61 Å². The Kier molecular flexibility index (Phi) is 5.86. The molecular weight excluding hydrogens is 226 g/mol. The van der Waals surface area contributed by atoms with E-state index >= 15 is 0 Å². The number of esters is 1. The molecule has 0 unspecified atom stereocenters. The predicted molar refractivity (Wildman–Crippen MR) is 73.2 cm³/mol. The van der Waals surface area contributed by atoms with Crippen LogP contribution >= 0.6 is 0 Å². The molecule has 1 atom stereocenters. The fraction of sp³-hybridized carbons (Fsp3) is 0.533. The highest BCUT2D eigenvalue weighted by Crippen LogP contribution is 2.16. The summed E-state index contributed by atoms with van der Waals surface area (Å²) in [6.07, 6.45) is 1.29. The molecule has 0 bridgehead atoms. The molecule has 0 aliphatic carbocycles. The van der Waals surface area contributed by atoms with Crippen molar-refractivity contribution < 1.29 is 9.53 Å². The molecule has 0 radical (unpaired) electrons. The number of ether oxygens (including phenoxy) is 1. The van der Waals surface area contributed by atoms with Gasteiger partial charge in [-0.05, 0) is 25.8 Å². The van der Waals surface area contributed by atoms with Crippen molar-refractivity contribution in [2.24, 2.45) is 0 Å². The van der Waals surface area contributed by atoms with Gasteiger partial charge in [-0.1, -0.05) is 37.3 Å². The quantitative estimate of drug-likeness (QED) is 0.755. The first-order valence-corrected chi connectivity index (χ1v) is 6.54. The Morgan fingerprint density at radius 3 is 2.50 bits per heavy atom. The maximum Gasteiger partial charge on any atom is 0.307 e. The average Bonchev–Trinajstić information content (AvgIpc) is 2.38. The summed E-state index contributed by atoms with van der Waals surface area (Å²) in [5.74, 6) is -0.137. The highest BCUT2D eigenvalue weighted by Gasteiger charge is 2.25. The van der Waals surface area contributed by atoms with E-state index in [-0.39, 0.29) is 11.5 Å². The third kappa shape index (κ3) is 4.88. The maximum atomic E-state index is 11.6. The van der Waals surface area contributed by atoms with E-state index in [1.165, 1.54) is 5.56 Å². The van der Waals surface area contributed by atoms with Gasteiger partial charge >= 0.3 is 5.97 Å². The first-order chi connectivity index (χ1) is 8.59. The normalized spacial score (nSPS) is 13.9. The number of carbonyl (C=O) groups excluding carboxylic acids is 1. The number of hydrogen-bond donors (Lipinski definition) is 1. The molecule has 0 spiro atoms. The summed E-state index contributed by atoms with van der Waals surface area (Å²) < 4.78 is 5.01. The molecule has 0 fully saturated rings. The molecule has 1 aromatic rings. The molecule has 0 aliphatic heterocycles. The molecular formula is C15H23NO2. The van der Waals surface area contributed by atoms with Crippen LogP contribution in [0.2, 0.25) is 0 Å². The number of nitrogens with one attached hydrogen (secondary N) is 1. The molecule has 1 N–H and O–H groups in total. The second-order valence-corrected chi connectivity index (χ2v) is 4.74. The molecule has 1 rings (SSSR count). The molecule has 3 nitrogen and oxygen atoms in total. The van der Waals surface area contributed by atoms with E-state index < -0.39 is 0 Å². The molecule has 0 aromatic heterocycles. The third-order valence-electron chi connectivity index (χ3n) is 3.18. The van der Waals surface area contributed by atoms with Crippen molar-refractivity contribution in [3.63, 3.8) is 0 Å². The van der Waals surface area contributed by atoms with E-state index in [1.807, 2.05) is 25.1 Å². The predicted octanol–water partition coefficient (Wildman–Crippen LogP) is 2.90. The Bertz CT molecular complexity index is 364. The largest absolute Gasteiger partial charge is 0.466 e. The van der Waals surface area contributed by atoms with Crippen LogP contribution in [0.3, 0.4) is 0 Å². The van der Waals surface area contributed by atoms with E-state index in [2.05, 4.69) is 31.3 Å². The standard InChI is InChI=1S/C15H23NO2/c1-4-15(3,11-14(17)18-5-2)16-12-13-9-7-6-8-10-13/h6-10,16H,4-5,11-12H2,1-3H3/t15-/m0/s1. The molecule has 0 aliphatic rings. The number of carbonyl (C=O) groups is 1. The summed E-state index contributed by atoms with van der Waals surface area (Å²) in [6.45, 7) is 7.19. The second-order valence-electron chi connectivity index (χ2n) is 4.74. The van der Waals surface area contributed by atoms with E-state index in [0.717, 1.165) is 13.0 Å².